The van der Waals surface area contributed by atoms with Gasteiger partial charge in [0.15, 0.2) is 0 Å². The van der Waals surface area contributed by atoms with Crippen LogP contribution in [0.3, 0.4) is 0 Å². The SMILES string of the molecule is Cc1cccc(CCOc2ccc(NC(=O)c3ccc(Cl)cc3Cl)c(C(=O)O)c2)c1.[H-].[Li+]. The third kappa shape index (κ3) is 6.78. The Hall–Kier alpha value is -2.42. The number of carboxylic acids is 1. The fourth-order valence-corrected chi connectivity index (χ4v) is 3.41. The van der Waals surface area contributed by atoms with Gasteiger partial charge in [0.2, 0.25) is 0 Å². The maximum atomic E-state index is 12.5. The Morgan fingerprint density at radius 1 is 1.03 bits per heavy atom. The van der Waals surface area contributed by atoms with Crippen molar-refractivity contribution in [3.63, 3.8) is 0 Å². The first-order chi connectivity index (χ1) is 14.3. The van der Waals surface area contributed by atoms with Gasteiger partial charge < -0.3 is 16.6 Å². The van der Waals surface area contributed by atoms with E-state index >= 15 is 0 Å². The third-order valence-corrected chi connectivity index (χ3v) is 4.94. The van der Waals surface area contributed by atoms with Crippen molar-refractivity contribution < 1.29 is 39.7 Å². The zero-order chi connectivity index (χ0) is 21.7. The quantitative estimate of drug-likeness (QED) is 0.541. The molecule has 0 aliphatic carbocycles. The van der Waals surface area contributed by atoms with Crippen LogP contribution in [0.15, 0.2) is 60.7 Å². The molecule has 31 heavy (non-hydrogen) atoms. The van der Waals surface area contributed by atoms with Gasteiger partial charge >= 0.3 is 24.8 Å². The molecule has 3 aromatic carbocycles. The van der Waals surface area contributed by atoms with Crippen LogP contribution in [0.4, 0.5) is 5.69 Å². The van der Waals surface area contributed by atoms with E-state index < -0.39 is 11.9 Å². The number of aromatic carboxylic acids is 1. The molecule has 3 rings (SSSR count). The predicted molar refractivity (Wildman–Crippen MR) is 119 cm³/mol. The van der Waals surface area contributed by atoms with Crippen molar-refractivity contribution in [2.24, 2.45) is 0 Å². The van der Waals surface area contributed by atoms with Crippen LogP contribution in [0, 0.1) is 6.92 Å². The van der Waals surface area contributed by atoms with Gasteiger partial charge in [-0.25, -0.2) is 4.79 Å². The minimum atomic E-state index is -1.18. The number of carbonyl (C=O) groups excluding carboxylic acids is 1. The molecule has 0 fully saturated rings. The second-order valence-corrected chi connectivity index (χ2v) is 7.52. The molecule has 0 heterocycles. The Kier molecular flexibility index (Phi) is 9.03. The molecule has 0 saturated heterocycles. The summed E-state index contributed by atoms with van der Waals surface area (Å²) in [5.41, 5.74) is 2.56. The van der Waals surface area contributed by atoms with Gasteiger partial charge in [-0.1, -0.05) is 53.0 Å². The molecule has 5 nitrogen and oxygen atoms in total. The maximum Gasteiger partial charge on any atom is 1.00 e. The number of benzene rings is 3. The van der Waals surface area contributed by atoms with Gasteiger partial charge in [-0.2, -0.15) is 0 Å². The zero-order valence-electron chi connectivity index (χ0n) is 18.1. The van der Waals surface area contributed by atoms with Gasteiger partial charge in [0.05, 0.1) is 28.4 Å². The summed E-state index contributed by atoms with van der Waals surface area (Å²) in [6.45, 7) is 2.42. The second-order valence-electron chi connectivity index (χ2n) is 6.68. The molecule has 0 unspecified atom stereocenters. The number of carboxylic acid groups (broad SMARTS) is 1. The van der Waals surface area contributed by atoms with Crippen molar-refractivity contribution >= 4 is 40.8 Å². The van der Waals surface area contributed by atoms with E-state index in [2.05, 4.69) is 11.4 Å². The molecule has 2 N–H and O–H groups in total. The molecule has 0 radical (unpaired) electrons. The van der Waals surface area contributed by atoms with E-state index in [1.54, 1.807) is 6.07 Å². The molecule has 1 amide bonds. The minimum Gasteiger partial charge on any atom is -1.00 e. The van der Waals surface area contributed by atoms with Crippen LogP contribution in [-0.4, -0.2) is 23.6 Å². The van der Waals surface area contributed by atoms with Crippen molar-refractivity contribution in [2.75, 3.05) is 11.9 Å². The third-order valence-electron chi connectivity index (χ3n) is 4.39. The summed E-state index contributed by atoms with van der Waals surface area (Å²) >= 11 is 11.9. The first-order valence-corrected chi connectivity index (χ1v) is 9.91. The Labute approximate surface area is 204 Å². The number of anilines is 1. The Morgan fingerprint density at radius 2 is 1.81 bits per heavy atom. The van der Waals surface area contributed by atoms with Crippen LogP contribution in [0.2, 0.25) is 10.0 Å². The average molecular weight is 452 g/mol. The van der Waals surface area contributed by atoms with E-state index in [-0.39, 0.29) is 42.1 Å². The fourth-order valence-electron chi connectivity index (χ4n) is 2.92. The molecule has 3 aromatic rings. The van der Waals surface area contributed by atoms with Crippen molar-refractivity contribution in [1.82, 2.24) is 0 Å². The van der Waals surface area contributed by atoms with Crippen molar-refractivity contribution in [2.45, 2.75) is 13.3 Å². The molecule has 8 heteroatoms. The van der Waals surface area contributed by atoms with Crippen LogP contribution >= 0.6 is 23.2 Å². The van der Waals surface area contributed by atoms with E-state index in [0.717, 1.165) is 5.56 Å². The van der Waals surface area contributed by atoms with Crippen LogP contribution in [0.25, 0.3) is 0 Å². The molecule has 0 saturated carbocycles. The summed E-state index contributed by atoms with van der Waals surface area (Å²) in [5, 5.41) is 12.7. The molecule has 156 valence electrons. The molecule has 0 bridgehead atoms. The Bertz CT molecular complexity index is 1110. The van der Waals surface area contributed by atoms with Gasteiger partial charge in [-0.3, -0.25) is 4.79 Å². The molecule has 0 aliphatic rings. The summed E-state index contributed by atoms with van der Waals surface area (Å²) in [7, 11) is 0. The van der Waals surface area contributed by atoms with Gasteiger partial charge in [-0.05, 0) is 48.9 Å². The summed E-state index contributed by atoms with van der Waals surface area (Å²) in [6, 6.07) is 17.0. The standard InChI is InChI=1S/C23H19Cl2NO4.Li.H/c1-14-3-2-4-15(11-14)9-10-30-17-6-8-21(19(13-17)23(28)29)26-22(27)18-7-5-16(24)12-20(18)25;;/h2-8,11-13H,9-10H2,1H3,(H,26,27)(H,28,29);;/q;+1;-1. The van der Waals surface area contributed by atoms with E-state index in [4.69, 9.17) is 27.9 Å². The van der Waals surface area contributed by atoms with Gasteiger partial charge in [0.25, 0.3) is 5.91 Å². The first-order valence-electron chi connectivity index (χ1n) is 9.15. The van der Waals surface area contributed by atoms with E-state index in [0.29, 0.717) is 23.8 Å². The summed E-state index contributed by atoms with van der Waals surface area (Å²) in [5.74, 6) is -1.31. The summed E-state index contributed by atoms with van der Waals surface area (Å²) in [4.78, 5) is 24.2. The monoisotopic (exact) mass is 451 g/mol. The molecule has 0 atom stereocenters. The Morgan fingerprint density at radius 3 is 2.48 bits per heavy atom. The van der Waals surface area contributed by atoms with Gasteiger partial charge in [0.1, 0.15) is 5.75 Å². The van der Waals surface area contributed by atoms with Crippen LogP contribution in [0.5, 0.6) is 5.75 Å². The minimum absolute atomic E-state index is 0. The fraction of sp³-hybridized carbons (Fsp3) is 0.130. The summed E-state index contributed by atoms with van der Waals surface area (Å²) < 4.78 is 5.71. The van der Waals surface area contributed by atoms with Crippen molar-refractivity contribution in [1.29, 1.82) is 0 Å². The largest absolute Gasteiger partial charge is 1.00 e. The topological polar surface area (TPSA) is 75.6 Å². The second kappa shape index (κ2) is 11.3. The predicted octanol–water partition coefficient (Wildman–Crippen LogP) is 2.99. The molecule has 0 aromatic heterocycles. The number of halogens is 2. The van der Waals surface area contributed by atoms with Crippen LogP contribution in [0.1, 0.15) is 33.3 Å². The number of amides is 1. The molecular weight excluding hydrogens is 432 g/mol. The number of rotatable bonds is 7. The van der Waals surface area contributed by atoms with Gasteiger partial charge in [-0.15, -0.1) is 0 Å². The Balaban J connectivity index is 0.00000256. The first kappa shape index (κ1) is 24.8. The van der Waals surface area contributed by atoms with Crippen LogP contribution in [-0.2, 0) is 6.42 Å². The van der Waals surface area contributed by atoms with Crippen LogP contribution < -0.4 is 28.9 Å². The van der Waals surface area contributed by atoms with Crippen molar-refractivity contribution in [3.8, 4) is 5.75 Å². The average Bonchev–Trinajstić information content (AvgIpc) is 2.68. The van der Waals surface area contributed by atoms with Crippen molar-refractivity contribution in [3.05, 3.63) is 93.0 Å². The van der Waals surface area contributed by atoms with E-state index in [1.165, 1.54) is 35.9 Å². The maximum absolute atomic E-state index is 12.5. The number of carbonyl (C=O) groups is 2. The van der Waals surface area contributed by atoms with E-state index in [1.807, 2.05) is 25.1 Å². The number of hydrogen-bond acceptors (Lipinski definition) is 3. The smallest absolute Gasteiger partial charge is 1.00 e. The number of aryl methyl sites for hydroxylation is 1. The zero-order valence-corrected chi connectivity index (χ0v) is 18.6. The molecule has 0 aliphatic heterocycles. The van der Waals surface area contributed by atoms with Gasteiger partial charge in [0, 0.05) is 11.4 Å². The number of nitrogens with one attached hydrogen (secondary N) is 1. The molecular formula is C23H20Cl2LiNO4. The molecule has 0 spiro atoms. The van der Waals surface area contributed by atoms with E-state index in [9.17, 15) is 14.7 Å². The summed E-state index contributed by atoms with van der Waals surface area (Å²) in [6.07, 6.45) is 0.692. The number of hydrogen-bond donors (Lipinski definition) is 2. The number of ether oxygens (including phenoxy) is 1. The normalized spacial score (nSPS) is 10.2.